The molecule has 1 N–H and O–H groups in total. The van der Waals surface area contributed by atoms with Crippen molar-refractivity contribution < 1.29 is 0 Å². The molecular weight excluding hydrogens is 250 g/mol. The number of hydrogen-bond donors (Lipinski definition) is 1. The number of rotatable bonds is 5. The maximum Gasteiger partial charge on any atom is 0.199 e. The lowest BCUT2D eigenvalue weighted by molar-refractivity contribution is 0.931. The summed E-state index contributed by atoms with van der Waals surface area (Å²) < 4.78 is 0. The fourth-order valence-electron chi connectivity index (χ4n) is 2.02. The molecule has 0 aromatic carbocycles. The Labute approximate surface area is 119 Å². The van der Waals surface area contributed by atoms with E-state index in [0.29, 0.717) is 11.6 Å². The van der Waals surface area contributed by atoms with Gasteiger partial charge in [0, 0.05) is 30.2 Å². The van der Waals surface area contributed by atoms with Crippen LogP contribution in [0.3, 0.4) is 0 Å². The van der Waals surface area contributed by atoms with E-state index in [1.54, 1.807) is 12.4 Å². The number of hydrogen-bond acceptors (Lipinski definition) is 5. The van der Waals surface area contributed by atoms with E-state index in [0.717, 1.165) is 42.0 Å². The third-order valence-electron chi connectivity index (χ3n) is 3.09. The molecule has 0 spiro atoms. The number of nitrogens with one attached hydrogen (secondary N) is 1. The van der Waals surface area contributed by atoms with Crippen LogP contribution in [0.25, 0.3) is 11.6 Å². The first-order valence-corrected chi connectivity index (χ1v) is 7.06. The average Bonchev–Trinajstić information content (AvgIpc) is 2.45. The Balaban J connectivity index is 2.44. The van der Waals surface area contributed by atoms with Crippen molar-refractivity contribution in [3.8, 4) is 11.6 Å². The lowest BCUT2D eigenvalue weighted by atomic mass is 10.1. The van der Waals surface area contributed by atoms with Gasteiger partial charge in [-0.2, -0.15) is 0 Å². The van der Waals surface area contributed by atoms with Crippen molar-refractivity contribution in [3.05, 3.63) is 29.2 Å². The summed E-state index contributed by atoms with van der Waals surface area (Å²) in [6, 6.07) is 0. The van der Waals surface area contributed by atoms with Crippen LogP contribution in [-0.2, 0) is 6.42 Å². The molecule has 0 aliphatic heterocycles. The Morgan fingerprint density at radius 2 is 1.70 bits per heavy atom. The fourth-order valence-corrected chi connectivity index (χ4v) is 2.02. The largest absolute Gasteiger partial charge is 0.370 e. The minimum absolute atomic E-state index is 0.570. The Morgan fingerprint density at radius 1 is 1.00 bits per heavy atom. The predicted molar refractivity (Wildman–Crippen MR) is 80.7 cm³/mol. The molecule has 0 aliphatic rings. The summed E-state index contributed by atoms with van der Waals surface area (Å²) >= 11 is 0. The van der Waals surface area contributed by atoms with Gasteiger partial charge in [-0.3, -0.25) is 0 Å². The van der Waals surface area contributed by atoms with Gasteiger partial charge in [0.2, 0.25) is 0 Å². The summed E-state index contributed by atoms with van der Waals surface area (Å²) in [4.78, 5) is 17.7. The molecule has 0 saturated carbocycles. The molecule has 0 aliphatic carbocycles. The molecule has 0 bridgehead atoms. The molecule has 2 rings (SSSR count). The fraction of sp³-hybridized carbons (Fsp3) is 0.467. The van der Waals surface area contributed by atoms with Gasteiger partial charge < -0.3 is 5.32 Å². The van der Waals surface area contributed by atoms with Crippen LogP contribution >= 0.6 is 0 Å². The minimum atomic E-state index is 0.570. The molecule has 0 fully saturated rings. The third kappa shape index (κ3) is 3.10. The first-order valence-electron chi connectivity index (χ1n) is 7.06. The van der Waals surface area contributed by atoms with Crippen molar-refractivity contribution in [2.75, 3.05) is 11.9 Å². The van der Waals surface area contributed by atoms with E-state index in [4.69, 9.17) is 0 Å². The van der Waals surface area contributed by atoms with E-state index in [1.165, 1.54) is 0 Å². The predicted octanol–water partition coefficient (Wildman–Crippen LogP) is 2.93. The Bertz CT molecular complexity index is 578. The molecule has 0 atom stereocenters. The standard InChI is InChI=1S/C15H21N5/c1-5-7-16-13-12(6-2)11(4)19-15(20-13)14-17-8-10(3)9-18-14/h8-9H,5-7H2,1-4H3,(H,16,19,20). The van der Waals surface area contributed by atoms with Gasteiger partial charge in [0.1, 0.15) is 5.82 Å². The summed E-state index contributed by atoms with van der Waals surface area (Å²) in [5.41, 5.74) is 3.18. The zero-order valence-electron chi connectivity index (χ0n) is 12.6. The second kappa shape index (κ2) is 6.41. The third-order valence-corrected chi connectivity index (χ3v) is 3.09. The highest BCUT2D eigenvalue weighted by Gasteiger charge is 2.12. The Morgan fingerprint density at radius 3 is 2.30 bits per heavy atom. The van der Waals surface area contributed by atoms with E-state index >= 15 is 0 Å². The van der Waals surface area contributed by atoms with Crippen molar-refractivity contribution in [1.29, 1.82) is 0 Å². The SMILES string of the molecule is CCCNc1nc(-c2ncc(C)cn2)nc(C)c1CC. The summed E-state index contributed by atoms with van der Waals surface area (Å²) in [5, 5.41) is 3.37. The van der Waals surface area contributed by atoms with Crippen LogP contribution in [0.4, 0.5) is 5.82 Å². The van der Waals surface area contributed by atoms with Gasteiger partial charge in [0.15, 0.2) is 11.6 Å². The highest BCUT2D eigenvalue weighted by atomic mass is 15.1. The monoisotopic (exact) mass is 271 g/mol. The van der Waals surface area contributed by atoms with Gasteiger partial charge in [-0.15, -0.1) is 0 Å². The molecule has 0 amide bonds. The van der Waals surface area contributed by atoms with Crippen molar-refractivity contribution in [2.45, 2.75) is 40.5 Å². The average molecular weight is 271 g/mol. The van der Waals surface area contributed by atoms with Gasteiger partial charge in [-0.25, -0.2) is 19.9 Å². The molecule has 106 valence electrons. The van der Waals surface area contributed by atoms with Gasteiger partial charge in [0.05, 0.1) is 0 Å². The molecule has 20 heavy (non-hydrogen) atoms. The second-order valence-corrected chi connectivity index (χ2v) is 4.82. The van der Waals surface area contributed by atoms with Crippen LogP contribution in [0.15, 0.2) is 12.4 Å². The van der Waals surface area contributed by atoms with Crippen molar-refractivity contribution in [2.24, 2.45) is 0 Å². The molecule has 0 saturated heterocycles. The molecule has 0 radical (unpaired) electrons. The molecular formula is C15H21N5. The Hall–Kier alpha value is -2.04. The molecule has 2 aromatic rings. The molecule has 5 nitrogen and oxygen atoms in total. The topological polar surface area (TPSA) is 63.6 Å². The van der Waals surface area contributed by atoms with Crippen LogP contribution in [0.1, 0.15) is 37.1 Å². The van der Waals surface area contributed by atoms with Gasteiger partial charge in [-0.05, 0) is 32.3 Å². The van der Waals surface area contributed by atoms with Gasteiger partial charge in [-0.1, -0.05) is 13.8 Å². The first-order chi connectivity index (χ1) is 9.65. The van der Waals surface area contributed by atoms with Crippen LogP contribution in [0.5, 0.6) is 0 Å². The van der Waals surface area contributed by atoms with Gasteiger partial charge in [0.25, 0.3) is 0 Å². The minimum Gasteiger partial charge on any atom is -0.370 e. The maximum absolute atomic E-state index is 4.59. The number of nitrogens with zero attached hydrogens (tertiary/aromatic N) is 4. The van der Waals surface area contributed by atoms with Crippen molar-refractivity contribution in [3.63, 3.8) is 0 Å². The quantitative estimate of drug-likeness (QED) is 0.905. The molecule has 2 heterocycles. The molecule has 0 unspecified atom stereocenters. The molecule has 5 heteroatoms. The normalized spacial score (nSPS) is 10.6. The van der Waals surface area contributed by atoms with Crippen LogP contribution in [0.2, 0.25) is 0 Å². The van der Waals surface area contributed by atoms with Gasteiger partial charge >= 0.3 is 0 Å². The first kappa shape index (κ1) is 14.4. The second-order valence-electron chi connectivity index (χ2n) is 4.82. The highest BCUT2D eigenvalue weighted by Crippen LogP contribution is 2.20. The van der Waals surface area contributed by atoms with Crippen molar-refractivity contribution in [1.82, 2.24) is 19.9 Å². The zero-order valence-corrected chi connectivity index (χ0v) is 12.6. The van der Waals surface area contributed by atoms with E-state index in [9.17, 15) is 0 Å². The van der Waals surface area contributed by atoms with E-state index in [1.807, 2.05) is 13.8 Å². The zero-order chi connectivity index (χ0) is 14.5. The van der Waals surface area contributed by atoms with Crippen LogP contribution in [-0.4, -0.2) is 26.5 Å². The highest BCUT2D eigenvalue weighted by molar-refractivity contribution is 5.54. The molecule has 2 aromatic heterocycles. The summed E-state index contributed by atoms with van der Waals surface area (Å²) in [5.74, 6) is 2.06. The van der Waals surface area contributed by atoms with Crippen LogP contribution < -0.4 is 5.32 Å². The van der Waals surface area contributed by atoms with Crippen LogP contribution in [0, 0.1) is 13.8 Å². The number of anilines is 1. The van der Waals surface area contributed by atoms with E-state index in [-0.39, 0.29) is 0 Å². The van der Waals surface area contributed by atoms with E-state index in [2.05, 4.69) is 39.1 Å². The maximum atomic E-state index is 4.59. The van der Waals surface area contributed by atoms with Crippen molar-refractivity contribution >= 4 is 5.82 Å². The summed E-state index contributed by atoms with van der Waals surface area (Å²) in [7, 11) is 0. The van der Waals surface area contributed by atoms with E-state index < -0.39 is 0 Å². The summed E-state index contributed by atoms with van der Waals surface area (Å²) in [6.45, 7) is 9.12. The number of aryl methyl sites for hydroxylation is 2. The summed E-state index contributed by atoms with van der Waals surface area (Å²) in [6.07, 6.45) is 5.54. The lowest BCUT2D eigenvalue weighted by Crippen LogP contribution is -2.10. The number of aromatic nitrogens is 4. The Kier molecular flexibility index (Phi) is 4.61. The lowest BCUT2D eigenvalue weighted by Gasteiger charge is -2.12. The smallest absolute Gasteiger partial charge is 0.199 e.